The average Bonchev–Trinajstić information content (AvgIpc) is 2.76. The van der Waals surface area contributed by atoms with Gasteiger partial charge in [0.1, 0.15) is 5.82 Å². The predicted octanol–water partition coefficient (Wildman–Crippen LogP) is 2.05. The molecule has 0 aliphatic carbocycles. The summed E-state index contributed by atoms with van der Waals surface area (Å²) in [6, 6.07) is 8.33. The number of halogens is 1. The third-order valence-electron chi connectivity index (χ3n) is 2.70. The van der Waals surface area contributed by atoms with Crippen LogP contribution in [0.1, 0.15) is 16.7 Å². The van der Waals surface area contributed by atoms with Crippen molar-refractivity contribution in [2.45, 2.75) is 13.0 Å². The molecule has 1 aromatic heterocycles. The molecule has 0 aliphatic rings. The molecule has 2 rings (SSSR count). The van der Waals surface area contributed by atoms with Gasteiger partial charge in [-0.15, -0.1) is 0 Å². The van der Waals surface area contributed by atoms with Crippen LogP contribution in [-0.2, 0) is 13.0 Å². The lowest BCUT2D eigenvalue weighted by molar-refractivity contribution is 0.623. The third-order valence-corrected chi connectivity index (χ3v) is 2.70. The number of hydrogen-bond donors (Lipinski definition) is 1. The molecule has 2 N–H and O–H groups in total. The minimum Gasteiger partial charge on any atom is -0.350 e. The molecule has 4 heteroatoms. The first-order valence-electron chi connectivity index (χ1n) is 5.75. The summed E-state index contributed by atoms with van der Waals surface area (Å²) in [6.07, 6.45) is 4.76. The Bertz CT molecular complexity index is 581. The normalized spacial score (nSPS) is 10.3. The second-order valence-corrected chi connectivity index (χ2v) is 4.19. The van der Waals surface area contributed by atoms with Gasteiger partial charge in [-0.2, -0.15) is 5.26 Å². The number of aromatic nitrogens is 1. The van der Waals surface area contributed by atoms with E-state index in [0.29, 0.717) is 18.7 Å². The highest BCUT2D eigenvalue weighted by Crippen LogP contribution is 2.11. The molecular formula is C14H14FN3. The van der Waals surface area contributed by atoms with Crippen molar-refractivity contribution in [3.63, 3.8) is 0 Å². The lowest BCUT2D eigenvalue weighted by Gasteiger charge is -2.04. The van der Waals surface area contributed by atoms with Crippen LogP contribution in [0.2, 0.25) is 0 Å². The summed E-state index contributed by atoms with van der Waals surface area (Å²) in [5.41, 5.74) is 7.77. The van der Waals surface area contributed by atoms with Crippen LogP contribution in [0.15, 0.2) is 36.7 Å². The van der Waals surface area contributed by atoms with Crippen molar-refractivity contribution >= 4 is 0 Å². The zero-order valence-corrected chi connectivity index (χ0v) is 9.94. The van der Waals surface area contributed by atoms with Gasteiger partial charge in [-0.05, 0) is 48.4 Å². The number of rotatable bonds is 4. The van der Waals surface area contributed by atoms with E-state index in [0.717, 1.165) is 17.5 Å². The Kier molecular flexibility index (Phi) is 3.75. The number of nitriles is 1. The highest BCUT2D eigenvalue weighted by Gasteiger charge is 2.02. The fourth-order valence-corrected chi connectivity index (χ4v) is 1.92. The lowest BCUT2D eigenvalue weighted by atomic mass is 10.1. The molecule has 0 unspecified atom stereocenters. The van der Waals surface area contributed by atoms with Crippen LogP contribution in [0.25, 0.3) is 0 Å². The molecule has 1 heterocycles. The average molecular weight is 243 g/mol. The van der Waals surface area contributed by atoms with E-state index in [4.69, 9.17) is 11.0 Å². The first-order valence-corrected chi connectivity index (χ1v) is 5.75. The Morgan fingerprint density at radius 3 is 2.83 bits per heavy atom. The molecule has 0 aliphatic heterocycles. The Morgan fingerprint density at radius 2 is 2.11 bits per heavy atom. The van der Waals surface area contributed by atoms with Gasteiger partial charge in [-0.25, -0.2) is 4.39 Å². The Hall–Kier alpha value is -2.12. The second kappa shape index (κ2) is 5.48. The molecule has 2 aromatic rings. The van der Waals surface area contributed by atoms with E-state index >= 15 is 0 Å². The fourth-order valence-electron chi connectivity index (χ4n) is 1.92. The van der Waals surface area contributed by atoms with Crippen LogP contribution in [0.3, 0.4) is 0 Å². The second-order valence-electron chi connectivity index (χ2n) is 4.19. The van der Waals surface area contributed by atoms with Gasteiger partial charge in [0, 0.05) is 18.9 Å². The Balaban J connectivity index is 2.17. The minimum atomic E-state index is -0.376. The van der Waals surface area contributed by atoms with Crippen molar-refractivity contribution in [1.82, 2.24) is 4.57 Å². The van der Waals surface area contributed by atoms with Crippen molar-refractivity contribution < 1.29 is 4.39 Å². The van der Waals surface area contributed by atoms with E-state index in [2.05, 4.69) is 0 Å². The molecular weight excluding hydrogens is 229 g/mol. The number of benzene rings is 1. The SMILES string of the molecule is N#Cc1cc(F)cc(Cn2ccc(CCN)c2)c1. The largest absolute Gasteiger partial charge is 0.350 e. The quantitative estimate of drug-likeness (QED) is 0.893. The molecule has 18 heavy (non-hydrogen) atoms. The monoisotopic (exact) mass is 243 g/mol. The molecule has 0 spiro atoms. The van der Waals surface area contributed by atoms with Gasteiger partial charge >= 0.3 is 0 Å². The van der Waals surface area contributed by atoms with Gasteiger partial charge in [-0.3, -0.25) is 0 Å². The molecule has 0 saturated heterocycles. The summed E-state index contributed by atoms with van der Waals surface area (Å²) in [5.74, 6) is -0.376. The van der Waals surface area contributed by atoms with Crippen LogP contribution in [0.4, 0.5) is 4.39 Å². The van der Waals surface area contributed by atoms with E-state index in [9.17, 15) is 4.39 Å². The molecule has 0 amide bonds. The van der Waals surface area contributed by atoms with E-state index in [1.165, 1.54) is 12.1 Å². The van der Waals surface area contributed by atoms with Crippen LogP contribution in [0, 0.1) is 17.1 Å². The number of hydrogen-bond acceptors (Lipinski definition) is 2. The Morgan fingerprint density at radius 1 is 1.28 bits per heavy atom. The zero-order chi connectivity index (χ0) is 13.0. The summed E-state index contributed by atoms with van der Waals surface area (Å²) >= 11 is 0. The van der Waals surface area contributed by atoms with E-state index in [-0.39, 0.29) is 5.82 Å². The fraction of sp³-hybridized carbons (Fsp3) is 0.214. The molecule has 0 saturated carbocycles. The molecule has 92 valence electrons. The topological polar surface area (TPSA) is 54.7 Å². The van der Waals surface area contributed by atoms with Crippen LogP contribution in [0.5, 0.6) is 0 Å². The minimum absolute atomic E-state index is 0.347. The first-order chi connectivity index (χ1) is 8.71. The standard InChI is InChI=1S/C14H14FN3/c15-14-6-12(8-17)5-13(7-14)10-18-4-2-11(9-18)1-3-16/h2,4-7,9H,1,3,10,16H2. The van der Waals surface area contributed by atoms with E-state index in [1.807, 2.05) is 29.1 Å². The predicted molar refractivity (Wildman–Crippen MR) is 67.4 cm³/mol. The van der Waals surface area contributed by atoms with Gasteiger partial charge in [0.25, 0.3) is 0 Å². The van der Waals surface area contributed by atoms with Gasteiger partial charge in [0.2, 0.25) is 0 Å². The summed E-state index contributed by atoms with van der Waals surface area (Å²) in [6.45, 7) is 1.17. The molecule has 0 atom stereocenters. The van der Waals surface area contributed by atoms with E-state index in [1.54, 1.807) is 6.07 Å². The van der Waals surface area contributed by atoms with Crippen molar-refractivity contribution in [3.8, 4) is 6.07 Å². The van der Waals surface area contributed by atoms with Gasteiger partial charge in [0.15, 0.2) is 0 Å². The molecule has 0 fully saturated rings. The van der Waals surface area contributed by atoms with Gasteiger partial charge < -0.3 is 10.3 Å². The summed E-state index contributed by atoms with van der Waals surface area (Å²) in [5, 5.41) is 8.79. The lowest BCUT2D eigenvalue weighted by Crippen LogP contribution is -2.02. The van der Waals surface area contributed by atoms with Crippen LogP contribution < -0.4 is 5.73 Å². The summed E-state index contributed by atoms with van der Waals surface area (Å²) in [4.78, 5) is 0. The maximum absolute atomic E-state index is 13.3. The molecule has 3 nitrogen and oxygen atoms in total. The first kappa shape index (κ1) is 12.3. The maximum atomic E-state index is 13.3. The highest BCUT2D eigenvalue weighted by atomic mass is 19.1. The van der Waals surface area contributed by atoms with Crippen molar-refractivity contribution in [2.75, 3.05) is 6.54 Å². The Labute approximate surface area is 105 Å². The van der Waals surface area contributed by atoms with Crippen molar-refractivity contribution in [3.05, 3.63) is 59.2 Å². The number of nitrogens with two attached hydrogens (primary N) is 1. The number of nitrogens with zero attached hydrogens (tertiary/aromatic N) is 2. The van der Waals surface area contributed by atoms with Crippen molar-refractivity contribution in [1.29, 1.82) is 5.26 Å². The smallest absolute Gasteiger partial charge is 0.124 e. The van der Waals surface area contributed by atoms with Crippen LogP contribution in [-0.4, -0.2) is 11.1 Å². The zero-order valence-electron chi connectivity index (χ0n) is 9.94. The molecule has 1 aromatic carbocycles. The van der Waals surface area contributed by atoms with Gasteiger partial charge in [0.05, 0.1) is 11.6 Å². The van der Waals surface area contributed by atoms with Gasteiger partial charge in [-0.1, -0.05) is 0 Å². The molecule has 0 radical (unpaired) electrons. The summed E-state index contributed by atoms with van der Waals surface area (Å²) in [7, 11) is 0. The van der Waals surface area contributed by atoms with E-state index < -0.39 is 0 Å². The van der Waals surface area contributed by atoms with Crippen LogP contribution >= 0.6 is 0 Å². The van der Waals surface area contributed by atoms with Crippen molar-refractivity contribution in [2.24, 2.45) is 5.73 Å². The highest BCUT2D eigenvalue weighted by molar-refractivity contribution is 5.33. The molecule has 0 bridgehead atoms. The maximum Gasteiger partial charge on any atom is 0.124 e. The third kappa shape index (κ3) is 2.96. The summed E-state index contributed by atoms with van der Waals surface area (Å²) < 4.78 is 15.2.